The summed E-state index contributed by atoms with van der Waals surface area (Å²) < 4.78 is 14.0. The van der Waals surface area contributed by atoms with Crippen molar-refractivity contribution >= 4 is 23.7 Å². The number of H-pyrrole nitrogens is 2. The summed E-state index contributed by atoms with van der Waals surface area (Å²) in [6.07, 6.45) is 14.8. The van der Waals surface area contributed by atoms with E-state index in [9.17, 15) is 4.39 Å². The number of nitrogens with zero attached hydrogens (tertiary/aromatic N) is 3. The third kappa shape index (κ3) is 5.61. The standard InChI is InChI=1S/C33H34FN5/c1-5-23(21-39-15-8-9-16-39)17-24(6-2)25(7-3)19-29-22(4)37-38-32(29)31-20-30-28(13-14-35-33(30)36-31)26-11-10-12-27(34)18-26/h5-7,10-14,17-20,37H,1,4,8-9,15-16,21H2,2-3H3,(H,35,36)/b23-17+,24-6+,25-7+,29-19+. The van der Waals surface area contributed by atoms with E-state index in [1.807, 2.05) is 31.2 Å². The summed E-state index contributed by atoms with van der Waals surface area (Å²) in [7, 11) is 0. The molecular formula is C33H34FN5. The van der Waals surface area contributed by atoms with Crippen molar-refractivity contribution in [3.8, 4) is 22.5 Å². The Morgan fingerprint density at radius 3 is 2.62 bits per heavy atom. The third-order valence-electron chi connectivity index (χ3n) is 7.27. The molecule has 0 bridgehead atoms. The molecule has 39 heavy (non-hydrogen) atoms. The van der Waals surface area contributed by atoms with Crippen molar-refractivity contribution < 1.29 is 4.39 Å². The van der Waals surface area contributed by atoms with Gasteiger partial charge in [0.15, 0.2) is 0 Å². The van der Waals surface area contributed by atoms with E-state index in [0.717, 1.165) is 69.2 Å². The molecule has 1 aliphatic heterocycles. The van der Waals surface area contributed by atoms with Crippen molar-refractivity contribution in [1.82, 2.24) is 25.1 Å². The maximum Gasteiger partial charge on any atom is 0.138 e. The second-order valence-electron chi connectivity index (χ2n) is 9.82. The highest BCUT2D eigenvalue weighted by molar-refractivity contribution is 5.96. The van der Waals surface area contributed by atoms with Gasteiger partial charge in [-0.15, -0.1) is 0 Å². The number of pyridine rings is 1. The lowest BCUT2D eigenvalue weighted by Gasteiger charge is -2.16. The zero-order chi connectivity index (χ0) is 27.4. The first-order valence-electron chi connectivity index (χ1n) is 13.4. The molecule has 3 aromatic heterocycles. The average molecular weight is 520 g/mol. The Balaban J connectivity index is 1.54. The van der Waals surface area contributed by atoms with E-state index in [1.54, 1.807) is 12.3 Å². The van der Waals surface area contributed by atoms with Gasteiger partial charge in [-0.25, -0.2) is 9.37 Å². The second kappa shape index (κ2) is 11.6. The van der Waals surface area contributed by atoms with Crippen LogP contribution < -0.4 is 10.6 Å². The predicted molar refractivity (Wildman–Crippen MR) is 160 cm³/mol. The number of aromatic nitrogens is 4. The fourth-order valence-corrected chi connectivity index (χ4v) is 5.20. The third-order valence-corrected chi connectivity index (χ3v) is 7.27. The zero-order valence-electron chi connectivity index (χ0n) is 22.6. The van der Waals surface area contributed by atoms with E-state index in [2.05, 4.69) is 69.5 Å². The quantitative estimate of drug-likeness (QED) is 0.279. The molecule has 4 heterocycles. The molecule has 0 radical (unpaired) electrons. The van der Waals surface area contributed by atoms with E-state index in [4.69, 9.17) is 0 Å². The molecule has 1 aromatic carbocycles. The fourth-order valence-electron chi connectivity index (χ4n) is 5.20. The van der Waals surface area contributed by atoms with E-state index in [-0.39, 0.29) is 5.82 Å². The fraction of sp³-hybridized carbons (Fsp3) is 0.212. The molecule has 5 rings (SSSR count). The first-order chi connectivity index (χ1) is 19.0. The highest BCUT2D eigenvalue weighted by atomic mass is 19.1. The molecule has 1 fully saturated rings. The summed E-state index contributed by atoms with van der Waals surface area (Å²) in [4.78, 5) is 10.4. The lowest BCUT2D eigenvalue weighted by atomic mass is 10.00. The first-order valence-corrected chi connectivity index (χ1v) is 13.4. The molecule has 0 atom stereocenters. The number of hydrogen-bond donors (Lipinski definition) is 2. The molecule has 0 unspecified atom stereocenters. The van der Waals surface area contributed by atoms with Crippen LogP contribution in [0.15, 0.2) is 90.2 Å². The smallest absolute Gasteiger partial charge is 0.138 e. The van der Waals surface area contributed by atoms with Crippen molar-refractivity contribution in [1.29, 1.82) is 0 Å². The molecule has 0 aliphatic carbocycles. The van der Waals surface area contributed by atoms with Crippen molar-refractivity contribution in [2.75, 3.05) is 19.6 Å². The number of hydrogen-bond acceptors (Lipinski definition) is 3. The topological polar surface area (TPSA) is 60.6 Å². The van der Waals surface area contributed by atoms with Crippen LogP contribution in [0.1, 0.15) is 26.7 Å². The molecule has 198 valence electrons. The first kappa shape index (κ1) is 26.3. The van der Waals surface area contributed by atoms with E-state index in [1.165, 1.54) is 30.5 Å². The summed E-state index contributed by atoms with van der Waals surface area (Å²) in [5.41, 5.74) is 7.37. The van der Waals surface area contributed by atoms with Crippen LogP contribution in [-0.2, 0) is 0 Å². The van der Waals surface area contributed by atoms with Gasteiger partial charge in [-0.3, -0.25) is 10.00 Å². The molecule has 0 spiro atoms. The Bertz CT molecular complexity index is 1710. The molecular weight excluding hydrogens is 485 g/mol. The Morgan fingerprint density at radius 1 is 1.10 bits per heavy atom. The van der Waals surface area contributed by atoms with Crippen molar-refractivity contribution in [3.05, 3.63) is 107 Å². The minimum absolute atomic E-state index is 0.271. The van der Waals surface area contributed by atoms with Gasteiger partial charge < -0.3 is 4.98 Å². The van der Waals surface area contributed by atoms with E-state index in [0.29, 0.717) is 5.65 Å². The molecule has 0 amide bonds. The normalized spacial score (nSPS) is 16.0. The van der Waals surface area contributed by atoms with Gasteiger partial charge in [-0.1, -0.05) is 49.6 Å². The van der Waals surface area contributed by atoms with Crippen molar-refractivity contribution in [3.63, 3.8) is 0 Å². The highest BCUT2D eigenvalue weighted by Crippen LogP contribution is 2.30. The van der Waals surface area contributed by atoms with Gasteiger partial charge in [-0.05, 0) is 98.0 Å². The maximum atomic E-state index is 14.0. The van der Waals surface area contributed by atoms with Crippen LogP contribution in [0.2, 0.25) is 0 Å². The van der Waals surface area contributed by atoms with Gasteiger partial charge in [0.25, 0.3) is 0 Å². The molecule has 4 aromatic rings. The summed E-state index contributed by atoms with van der Waals surface area (Å²) in [6.45, 7) is 15.6. The van der Waals surface area contributed by atoms with E-state index >= 15 is 0 Å². The number of halogens is 1. The van der Waals surface area contributed by atoms with Crippen molar-refractivity contribution in [2.24, 2.45) is 0 Å². The van der Waals surface area contributed by atoms with Crippen molar-refractivity contribution in [2.45, 2.75) is 26.7 Å². The largest absolute Gasteiger partial charge is 0.338 e. The summed E-state index contributed by atoms with van der Waals surface area (Å²) in [5, 5.41) is 10.2. The number of allylic oxidation sites excluding steroid dienone is 5. The van der Waals surface area contributed by atoms with Gasteiger partial charge in [0.2, 0.25) is 0 Å². The monoisotopic (exact) mass is 519 g/mol. The lowest BCUT2D eigenvalue weighted by molar-refractivity contribution is 0.371. The molecule has 0 saturated carbocycles. The van der Waals surface area contributed by atoms with Gasteiger partial charge in [0, 0.05) is 23.3 Å². The molecule has 1 aliphatic rings. The van der Waals surface area contributed by atoms with Gasteiger partial charge in [0.1, 0.15) is 17.2 Å². The minimum atomic E-state index is -0.271. The minimum Gasteiger partial charge on any atom is -0.338 e. The summed E-state index contributed by atoms with van der Waals surface area (Å²) in [5.74, 6) is -0.271. The molecule has 2 N–H and O–H groups in total. The molecule has 6 heteroatoms. The van der Waals surface area contributed by atoms with Crippen LogP contribution >= 0.6 is 0 Å². The molecule has 1 saturated heterocycles. The van der Waals surface area contributed by atoms with Crippen LogP contribution in [-0.4, -0.2) is 44.7 Å². The summed E-state index contributed by atoms with van der Waals surface area (Å²) in [6, 6.07) is 10.5. The summed E-state index contributed by atoms with van der Waals surface area (Å²) >= 11 is 0. The van der Waals surface area contributed by atoms with Crippen LogP contribution in [0.4, 0.5) is 4.39 Å². The molecule has 5 nitrogen and oxygen atoms in total. The Kier molecular flexibility index (Phi) is 7.84. The Hall–Kier alpha value is -4.29. The second-order valence-corrected chi connectivity index (χ2v) is 9.82. The Morgan fingerprint density at radius 2 is 1.90 bits per heavy atom. The van der Waals surface area contributed by atoms with Gasteiger partial charge in [-0.2, -0.15) is 5.10 Å². The predicted octanol–water partition coefficient (Wildman–Crippen LogP) is 6.05. The number of fused-ring (bicyclic) bond motifs is 1. The SMILES string of the molecule is C=C\C(=C/C(=C\C)C(/C=c1/c(-c2cc3c(-c4cccc(F)c4)ccnc3[nH]2)n[nH]c1=C)=C/C)CN1CCCC1. The van der Waals surface area contributed by atoms with Crippen LogP contribution in [0.5, 0.6) is 0 Å². The number of likely N-dealkylation sites (tertiary alicyclic amines) is 1. The van der Waals surface area contributed by atoms with E-state index < -0.39 is 0 Å². The lowest BCUT2D eigenvalue weighted by Crippen LogP contribution is -2.22. The van der Waals surface area contributed by atoms with Crippen LogP contribution in [0.3, 0.4) is 0 Å². The number of rotatable bonds is 8. The number of nitrogens with one attached hydrogen (secondary N) is 2. The van der Waals surface area contributed by atoms with Gasteiger partial charge >= 0.3 is 0 Å². The Labute approximate surface area is 228 Å². The number of aromatic amines is 2. The van der Waals surface area contributed by atoms with Crippen LogP contribution in [0.25, 0.3) is 46.2 Å². The van der Waals surface area contributed by atoms with Gasteiger partial charge in [0.05, 0.1) is 11.0 Å². The highest BCUT2D eigenvalue weighted by Gasteiger charge is 2.15. The maximum absolute atomic E-state index is 14.0. The number of benzene rings is 1. The average Bonchev–Trinajstić information content (AvgIpc) is 3.70. The zero-order valence-corrected chi connectivity index (χ0v) is 22.6. The van der Waals surface area contributed by atoms with Crippen LogP contribution in [0, 0.1) is 5.82 Å².